The summed E-state index contributed by atoms with van der Waals surface area (Å²) in [6.45, 7) is 4.00. The lowest BCUT2D eigenvalue weighted by molar-refractivity contribution is 0.745. The van der Waals surface area contributed by atoms with Crippen LogP contribution in [0.5, 0.6) is 0 Å². The molecule has 60 valence electrons. The fourth-order valence-electron chi connectivity index (χ4n) is 0.498. The van der Waals surface area contributed by atoms with E-state index in [1.807, 2.05) is 13.8 Å². The minimum absolute atomic E-state index is 0.938. The van der Waals surface area contributed by atoms with E-state index in [0.717, 1.165) is 11.8 Å². The predicted octanol–water partition coefficient (Wildman–Crippen LogP) is 3.60. The highest BCUT2D eigenvalue weighted by atomic mass is 79.9. The molecule has 0 amide bonds. The molecule has 10 heavy (non-hydrogen) atoms. The van der Waals surface area contributed by atoms with E-state index in [4.69, 9.17) is 6.42 Å². The van der Waals surface area contributed by atoms with Crippen LogP contribution in [0, 0.1) is 12.3 Å². The van der Waals surface area contributed by atoms with Gasteiger partial charge in [0, 0.05) is 11.8 Å². The summed E-state index contributed by atoms with van der Waals surface area (Å²) in [6.07, 6.45) is 9.68. The van der Waals surface area contributed by atoms with Crippen molar-refractivity contribution in [1.29, 1.82) is 0 Å². The van der Waals surface area contributed by atoms with Crippen molar-refractivity contribution in [3.63, 3.8) is 0 Å². The van der Waals surface area contributed by atoms with Gasteiger partial charge in [-0.2, -0.15) is 0 Å². The molecule has 0 fully saturated rings. The van der Waals surface area contributed by atoms with E-state index in [-0.39, 0.29) is 0 Å². The number of alkyl halides is 1. The van der Waals surface area contributed by atoms with Gasteiger partial charge in [0.15, 0.2) is 0 Å². The first-order chi connectivity index (χ1) is 4.91. The molecule has 0 saturated heterocycles. The zero-order valence-corrected chi connectivity index (χ0v) is 8.58. The predicted molar refractivity (Wildman–Crippen MR) is 52.4 cm³/mol. The molecule has 0 bridgehead atoms. The molecule has 0 unspecified atom stereocenters. The van der Waals surface area contributed by atoms with Gasteiger partial charge >= 0.3 is 0 Å². The largest absolute Gasteiger partial charge is 0.120 e. The van der Waals surface area contributed by atoms with Gasteiger partial charge in [0.2, 0.25) is 0 Å². The Morgan fingerprint density at radius 1 is 1.20 bits per heavy atom. The lowest BCUT2D eigenvalue weighted by Crippen LogP contribution is -1.75. The van der Waals surface area contributed by atoms with Crippen molar-refractivity contribution in [3.05, 3.63) is 0 Å². The molecule has 0 N–H and O–H groups in total. The Kier molecular flexibility index (Phi) is 20.3. The van der Waals surface area contributed by atoms with Crippen LogP contribution in [0.15, 0.2) is 0 Å². The van der Waals surface area contributed by atoms with E-state index < -0.39 is 0 Å². The third kappa shape index (κ3) is 15.7. The first kappa shape index (κ1) is 12.7. The van der Waals surface area contributed by atoms with E-state index in [1.54, 1.807) is 0 Å². The number of halogens is 1. The lowest BCUT2D eigenvalue weighted by atomic mass is 10.2. The summed E-state index contributed by atoms with van der Waals surface area (Å²) in [4.78, 5) is 0. The van der Waals surface area contributed by atoms with Crippen molar-refractivity contribution in [2.45, 2.75) is 39.5 Å². The summed E-state index contributed by atoms with van der Waals surface area (Å²) in [5.74, 6) is 2.61. The third-order valence-corrected chi connectivity index (χ3v) is 1.52. The number of unbranched alkanes of at least 4 members (excludes halogenated alkanes) is 3. The normalized spacial score (nSPS) is 7.40. The number of hydrogen-bond acceptors (Lipinski definition) is 0. The second-order valence-corrected chi connectivity index (χ2v) is 2.50. The molecule has 0 aromatic carbocycles. The van der Waals surface area contributed by atoms with Crippen LogP contribution in [0.2, 0.25) is 0 Å². The molecule has 0 atom stereocenters. The lowest BCUT2D eigenvalue weighted by Gasteiger charge is -1.89. The van der Waals surface area contributed by atoms with Crippen LogP contribution < -0.4 is 0 Å². The maximum atomic E-state index is 5.05. The minimum Gasteiger partial charge on any atom is -0.120 e. The fourth-order valence-corrected chi connectivity index (χ4v) is 0.895. The molecule has 0 heterocycles. The standard InChI is InChI=1S/C7H11Br.C2H6/c1-2-3-4-5-6-7-8;1-2/h1H,3-7H2;1-2H3. The number of terminal acetylenes is 1. The summed E-state index contributed by atoms with van der Waals surface area (Å²) in [7, 11) is 0. The second kappa shape index (κ2) is 16.0. The Morgan fingerprint density at radius 2 is 1.80 bits per heavy atom. The van der Waals surface area contributed by atoms with Crippen molar-refractivity contribution in [3.8, 4) is 12.3 Å². The molecule has 0 aliphatic heterocycles. The topological polar surface area (TPSA) is 0 Å². The van der Waals surface area contributed by atoms with Crippen molar-refractivity contribution >= 4 is 15.9 Å². The van der Waals surface area contributed by atoms with Crippen LogP contribution in [0.3, 0.4) is 0 Å². The quantitative estimate of drug-likeness (QED) is 0.373. The van der Waals surface area contributed by atoms with Gasteiger partial charge in [-0.1, -0.05) is 36.2 Å². The molecular weight excluding hydrogens is 188 g/mol. The van der Waals surface area contributed by atoms with Crippen LogP contribution in [-0.2, 0) is 0 Å². The van der Waals surface area contributed by atoms with Gasteiger partial charge < -0.3 is 0 Å². The molecule has 0 aromatic heterocycles. The summed E-state index contributed by atoms with van der Waals surface area (Å²) in [5, 5.41) is 1.11. The molecule has 0 spiro atoms. The average molecular weight is 205 g/mol. The first-order valence-electron chi connectivity index (χ1n) is 3.91. The zero-order chi connectivity index (χ0) is 8.24. The van der Waals surface area contributed by atoms with Gasteiger partial charge in [-0.05, 0) is 12.8 Å². The van der Waals surface area contributed by atoms with Gasteiger partial charge in [0.05, 0.1) is 0 Å². The van der Waals surface area contributed by atoms with Crippen LogP contribution in [0.25, 0.3) is 0 Å². The highest BCUT2D eigenvalue weighted by Crippen LogP contribution is 1.99. The Labute approximate surface area is 73.5 Å². The summed E-state index contributed by atoms with van der Waals surface area (Å²) in [6, 6.07) is 0. The van der Waals surface area contributed by atoms with Crippen LogP contribution in [0.4, 0.5) is 0 Å². The highest BCUT2D eigenvalue weighted by Gasteiger charge is 1.82. The van der Waals surface area contributed by atoms with Gasteiger partial charge in [-0.15, -0.1) is 12.3 Å². The molecule has 0 aliphatic rings. The number of rotatable bonds is 4. The van der Waals surface area contributed by atoms with Crippen molar-refractivity contribution < 1.29 is 0 Å². The Hall–Kier alpha value is 0.0400. The SMILES string of the molecule is C#CCCCCCBr.CC. The first-order valence-corrected chi connectivity index (χ1v) is 5.03. The summed E-state index contributed by atoms with van der Waals surface area (Å²) in [5.41, 5.74) is 0. The maximum absolute atomic E-state index is 5.05. The average Bonchev–Trinajstić information content (AvgIpc) is 2.02. The van der Waals surface area contributed by atoms with Crippen molar-refractivity contribution in [1.82, 2.24) is 0 Å². The highest BCUT2D eigenvalue weighted by molar-refractivity contribution is 9.09. The maximum Gasteiger partial charge on any atom is 0.00860 e. The van der Waals surface area contributed by atoms with Crippen LogP contribution >= 0.6 is 15.9 Å². The van der Waals surface area contributed by atoms with E-state index in [0.29, 0.717) is 0 Å². The Morgan fingerprint density at radius 3 is 2.20 bits per heavy atom. The smallest absolute Gasteiger partial charge is 0.00860 e. The second-order valence-electron chi connectivity index (χ2n) is 1.70. The molecular formula is C9H17Br. The molecule has 0 nitrogen and oxygen atoms in total. The minimum atomic E-state index is 0.938. The van der Waals surface area contributed by atoms with E-state index in [2.05, 4.69) is 21.9 Å². The molecule has 0 radical (unpaired) electrons. The van der Waals surface area contributed by atoms with Gasteiger partial charge in [0.25, 0.3) is 0 Å². The van der Waals surface area contributed by atoms with E-state index in [9.17, 15) is 0 Å². The Balaban J connectivity index is 0. The third-order valence-electron chi connectivity index (χ3n) is 0.955. The zero-order valence-electron chi connectivity index (χ0n) is 6.99. The van der Waals surface area contributed by atoms with Gasteiger partial charge in [0.1, 0.15) is 0 Å². The number of hydrogen-bond donors (Lipinski definition) is 0. The summed E-state index contributed by atoms with van der Waals surface area (Å²) < 4.78 is 0. The van der Waals surface area contributed by atoms with Crippen molar-refractivity contribution in [2.75, 3.05) is 5.33 Å². The van der Waals surface area contributed by atoms with Crippen molar-refractivity contribution in [2.24, 2.45) is 0 Å². The molecule has 1 heteroatoms. The fraction of sp³-hybridized carbons (Fsp3) is 0.778. The monoisotopic (exact) mass is 204 g/mol. The van der Waals surface area contributed by atoms with Gasteiger partial charge in [-0.3, -0.25) is 0 Å². The van der Waals surface area contributed by atoms with E-state index >= 15 is 0 Å². The Bertz CT molecular complexity index is 71.3. The molecule has 0 rings (SSSR count). The van der Waals surface area contributed by atoms with E-state index in [1.165, 1.54) is 19.3 Å². The van der Waals surface area contributed by atoms with Gasteiger partial charge in [-0.25, -0.2) is 0 Å². The summed E-state index contributed by atoms with van der Waals surface area (Å²) >= 11 is 3.35. The van der Waals surface area contributed by atoms with Crippen LogP contribution in [0.1, 0.15) is 39.5 Å². The molecule has 0 saturated carbocycles. The molecule has 0 aliphatic carbocycles. The van der Waals surface area contributed by atoms with Crippen LogP contribution in [-0.4, -0.2) is 5.33 Å². The molecule has 0 aromatic rings.